The molecular formula is C14H8Cl2N2. The lowest BCUT2D eigenvalue weighted by Gasteiger charge is -2.07. The first-order valence-corrected chi connectivity index (χ1v) is 6.16. The van der Waals surface area contributed by atoms with Gasteiger partial charge in [0.15, 0.2) is 0 Å². The van der Waals surface area contributed by atoms with Crippen LogP contribution in [0.1, 0.15) is 0 Å². The molecule has 1 heterocycles. The first-order chi connectivity index (χ1) is 8.75. The lowest BCUT2D eigenvalue weighted by molar-refractivity contribution is 1.22. The molecule has 0 saturated carbocycles. The molecule has 0 unspecified atom stereocenters. The molecule has 88 valence electrons. The lowest BCUT2D eigenvalue weighted by atomic mass is 10.0. The van der Waals surface area contributed by atoms with Crippen molar-refractivity contribution in [3.8, 4) is 11.1 Å². The van der Waals surface area contributed by atoms with E-state index in [9.17, 15) is 0 Å². The van der Waals surface area contributed by atoms with Crippen molar-refractivity contribution in [3.63, 3.8) is 0 Å². The third kappa shape index (κ3) is 1.94. The lowest BCUT2D eigenvalue weighted by Crippen LogP contribution is -1.87. The summed E-state index contributed by atoms with van der Waals surface area (Å²) in [5.74, 6) is 0. The molecular weight excluding hydrogens is 267 g/mol. The van der Waals surface area contributed by atoms with Crippen LogP contribution in [-0.4, -0.2) is 9.97 Å². The van der Waals surface area contributed by atoms with Crippen molar-refractivity contribution in [2.24, 2.45) is 0 Å². The Morgan fingerprint density at radius 3 is 2.39 bits per heavy atom. The van der Waals surface area contributed by atoms with Crippen molar-refractivity contribution < 1.29 is 0 Å². The summed E-state index contributed by atoms with van der Waals surface area (Å²) >= 11 is 12.1. The van der Waals surface area contributed by atoms with E-state index in [4.69, 9.17) is 23.2 Å². The monoisotopic (exact) mass is 274 g/mol. The smallest absolute Gasteiger partial charge is 0.140 e. The fourth-order valence-electron chi connectivity index (χ4n) is 1.94. The molecule has 0 radical (unpaired) electrons. The van der Waals surface area contributed by atoms with Crippen molar-refractivity contribution in [3.05, 3.63) is 59.0 Å². The maximum absolute atomic E-state index is 6.17. The van der Waals surface area contributed by atoms with E-state index in [1.807, 2.05) is 42.5 Å². The second-order valence-electron chi connectivity index (χ2n) is 3.87. The summed E-state index contributed by atoms with van der Waals surface area (Å²) in [6, 6.07) is 13.5. The number of hydrogen-bond donors (Lipinski definition) is 0. The molecule has 2 aromatic carbocycles. The molecule has 0 N–H and O–H groups in total. The van der Waals surface area contributed by atoms with Gasteiger partial charge in [0.25, 0.3) is 0 Å². The molecule has 0 spiro atoms. The van der Waals surface area contributed by atoms with E-state index in [-0.39, 0.29) is 0 Å². The van der Waals surface area contributed by atoms with Crippen LogP contribution in [0.25, 0.3) is 22.0 Å². The Kier molecular flexibility index (Phi) is 2.90. The summed E-state index contributed by atoms with van der Waals surface area (Å²) in [5.41, 5.74) is 2.89. The Labute approximate surface area is 114 Å². The SMILES string of the molecule is Clc1ccc(-c2cccc3ncnc(Cl)c23)cc1. The van der Waals surface area contributed by atoms with Gasteiger partial charge in [0.2, 0.25) is 0 Å². The molecule has 0 atom stereocenters. The maximum atomic E-state index is 6.17. The molecule has 0 aliphatic rings. The van der Waals surface area contributed by atoms with Crippen LogP contribution in [0.5, 0.6) is 0 Å². The first-order valence-electron chi connectivity index (χ1n) is 5.41. The minimum absolute atomic E-state index is 0.463. The Morgan fingerprint density at radius 1 is 0.833 bits per heavy atom. The summed E-state index contributed by atoms with van der Waals surface area (Å²) in [5, 5.41) is 2.04. The first kappa shape index (κ1) is 11.5. The van der Waals surface area contributed by atoms with Gasteiger partial charge in [-0.25, -0.2) is 9.97 Å². The molecule has 0 aliphatic heterocycles. The van der Waals surface area contributed by atoms with Crippen molar-refractivity contribution in [2.45, 2.75) is 0 Å². The Morgan fingerprint density at radius 2 is 1.61 bits per heavy atom. The van der Waals surface area contributed by atoms with E-state index in [1.165, 1.54) is 6.33 Å². The van der Waals surface area contributed by atoms with Crippen LogP contribution in [0.15, 0.2) is 48.8 Å². The number of nitrogens with zero attached hydrogens (tertiary/aromatic N) is 2. The predicted octanol–water partition coefficient (Wildman–Crippen LogP) is 4.60. The van der Waals surface area contributed by atoms with Gasteiger partial charge in [-0.3, -0.25) is 0 Å². The zero-order chi connectivity index (χ0) is 12.5. The molecule has 0 bridgehead atoms. The standard InChI is InChI=1S/C14H8Cl2N2/c15-10-6-4-9(5-7-10)11-2-1-3-12-13(11)14(16)18-8-17-12/h1-8H. The van der Waals surface area contributed by atoms with E-state index >= 15 is 0 Å². The summed E-state index contributed by atoms with van der Waals surface area (Å²) < 4.78 is 0. The van der Waals surface area contributed by atoms with Gasteiger partial charge in [-0.1, -0.05) is 47.5 Å². The van der Waals surface area contributed by atoms with Gasteiger partial charge in [-0.05, 0) is 29.3 Å². The highest BCUT2D eigenvalue weighted by Crippen LogP contribution is 2.31. The minimum atomic E-state index is 0.463. The van der Waals surface area contributed by atoms with Gasteiger partial charge in [0.1, 0.15) is 11.5 Å². The zero-order valence-electron chi connectivity index (χ0n) is 9.27. The zero-order valence-corrected chi connectivity index (χ0v) is 10.8. The van der Waals surface area contributed by atoms with E-state index in [1.54, 1.807) is 0 Å². The highest BCUT2D eigenvalue weighted by molar-refractivity contribution is 6.35. The average molecular weight is 275 g/mol. The van der Waals surface area contributed by atoms with Gasteiger partial charge >= 0.3 is 0 Å². The Hall–Kier alpha value is -1.64. The number of hydrogen-bond acceptors (Lipinski definition) is 2. The van der Waals surface area contributed by atoms with Gasteiger partial charge in [0, 0.05) is 10.4 Å². The van der Waals surface area contributed by atoms with Gasteiger partial charge in [-0.2, -0.15) is 0 Å². The number of halogens is 2. The Balaban J connectivity index is 2.32. The molecule has 0 amide bonds. The summed E-state index contributed by atoms with van der Waals surface area (Å²) in [6.07, 6.45) is 1.47. The fraction of sp³-hybridized carbons (Fsp3) is 0. The van der Waals surface area contributed by atoms with Crippen molar-refractivity contribution >= 4 is 34.1 Å². The van der Waals surface area contributed by atoms with Gasteiger partial charge in [0.05, 0.1) is 5.52 Å². The van der Waals surface area contributed by atoms with Crippen LogP contribution >= 0.6 is 23.2 Å². The Bertz CT molecular complexity index is 703. The average Bonchev–Trinajstić information content (AvgIpc) is 2.39. The van der Waals surface area contributed by atoms with Crippen LogP contribution in [0, 0.1) is 0 Å². The molecule has 2 nitrogen and oxygen atoms in total. The number of benzene rings is 2. The second-order valence-corrected chi connectivity index (χ2v) is 4.67. The third-order valence-corrected chi connectivity index (χ3v) is 3.31. The fourth-order valence-corrected chi connectivity index (χ4v) is 2.31. The van der Waals surface area contributed by atoms with Crippen molar-refractivity contribution in [1.29, 1.82) is 0 Å². The quantitative estimate of drug-likeness (QED) is 0.606. The van der Waals surface area contributed by atoms with E-state index in [0.29, 0.717) is 10.2 Å². The topological polar surface area (TPSA) is 25.8 Å². The van der Waals surface area contributed by atoms with Crippen LogP contribution in [0.4, 0.5) is 0 Å². The number of fused-ring (bicyclic) bond motifs is 1. The third-order valence-electron chi connectivity index (χ3n) is 2.77. The number of aromatic nitrogens is 2. The molecule has 18 heavy (non-hydrogen) atoms. The van der Waals surface area contributed by atoms with Crippen LogP contribution in [0.2, 0.25) is 10.2 Å². The van der Waals surface area contributed by atoms with Gasteiger partial charge in [-0.15, -0.1) is 0 Å². The molecule has 0 fully saturated rings. The molecule has 0 saturated heterocycles. The van der Waals surface area contributed by atoms with Crippen LogP contribution < -0.4 is 0 Å². The normalized spacial score (nSPS) is 10.8. The summed E-state index contributed by atoms with van der Waals surface area (Å²) in [7, 11) is 0. The summed E-state index contributed by atoms with van der Waals surface area (Å²) in [4.78, 5) is 8.26. The second kappa shape index (κ2) is 4.56. The maximum Gasteiger partial charge on any atom is 0.140 e. The van der Waals surface area contributed by atoms with Gasteiger partial charge < -0.3 is 0 Å². The van der Waals surface area contributed by atoms with E-state index in [0.717, 1.165) is 22.0 Å². The highest BCUT2D eigenvalue weighted by atomic mass is 35.5. The molecule has 4 heteroatoms. The van der Waals surface area contributed by atoms with Crippen LogP contribution in [-0.2, 0) is 0 Å². The predicted molar refractivity (Wildman–Crippen MR) is 75.0 cm³/mol. The van der Waals surface area contributed by atoms with Crippen molar-refractivity contribution in [1.82, 2.24) is 9.97 Å². The van der Waals surface area contributed by atoms with Crippen LogP contribution in [0.3, 0.4) is 0 Å². The summed E-state index contributed by atoms with van der Waals surface area (Å²) in [6.45, 7) is 0. The highest BCUT2D eigenvalue weighted by Gasteiger charge is 2.08. The molecule has 3 rings (SSSR count). The van der Waals surface area contributed by atoms with E-state index in [2.05, 4.69) is 9.97 Å². The molecule has 1 aromatic heterocycles. The largest absolute Gasteiger partial charge is 0.236 e. The molecule has 3 aromatic rings. The molecule has 0 aliphatic carbocycles. The number of rotatable bonds is 1. The van der Waals surface area contributed by atoms with E-state index < -0.39 is 0 Å². The minimum Gasteiger partial charge on any atom is -0.236 e. The van der Waals surface area contributed by atoms with Crippen molar-refractivity contribution in [2.75, 3.05) is 0 Å².